The van der Waals surface area contributed by atoms with Crippen LogP contribution in [0.15, 0.2) is 0 Å². The molecule has 0 saturated carbocycles. The van der Waals surface area contributed by atoms with Crippen molar-refractivity contribution in [2.45, 2.75) is 37.5 Å². The Balaban J connectivity index is 4.92. The average molecular weight is 310 g/mol. The van der Waals surface area contributed by atoms with E-state index in [1.165, 1.54) is 0 Å². The van der Waals surface area contributed by atoms with E-state index in [1.807, 2.05) is 0 Å². The Labute approximate surface area is 95.3 Å². The molecular formula is C6H7F8O3P. The maximum absolute atomic E-state index is 12.3. The Morgan fingerprint density at radius 1 is 1.11 bits per heavy atom. The van der Waals surface area contributed by atoms with Crippen molar-refractivity contribution in [2.24, 2.45) is 0 Å². The normalized spacial score (nSPS) is 19.4. The van der Waals surface area contributed by atoms with Gasteiger partial charge in [-0.2, -0.15) is 35.1 Å². The van der Waals surface area contributed by atoms with Crippen LogP contribution in [-0.2, 0) is 9.09 Å². The second kappa shape index (κ2) is 4.93. The van der Waals surface area contributed by atoms with E-state index in [2.05, 4.69) is 4.52 Å². The van der Waals surface area contributed by atoms with Crippen LogP contribution < -0.4 is 0 Å². The van der Waals surface area contributed by atoms with Gasteiger partial charge in [-0.15, -0.1) is 0 Å². The Morgan fingerprint density at radius 3 is 1.78 bits per heavy atom. The summed E-state index contributed by atoms with van der Waals surface area (Å²) in [6.45, 7) is 0.376. The van der Waals surface area contributed by atoms with E-state index in [-0.39, 0.29) is 0 Å². The van der Waals surface area contributed by atoms with E-state index in [9.17, 15) is 39.7 Å². The van der Waals surface area contributed by atoms with Gasteiger partial charge in [-0.05, 0) is 0 Å². The molecule has 18 heavy (non-hydrogen) atoms. The number of rotatable bonds is 4. The molecule has 0 aliphatic heterocycles. The monoisotopic (exact) mass is 310 g/mol. The highest BCUT2D eigenvalue weighted by Gasteiger charge is 2.63. The molecule has 12 heteroatoms. The number of hydrogen-bond donors (Lipinski definition) is 1. The van der Waals surface area contributed by atoms with Crippen molar-refractivity contribution in [1.29, 1.82) is 0 Å². The van der Waals surface area contributed by atoms with E-state index >= 15 is 0 Å². The zero-order chi connectivity index (χ0) is 15.0. The van der Waals surface area contributed by atoms with Crippen LogP contribution in [0.3, 0.4) is 0 Å². The lowest BCUT2D eigenvalue weighted by Gasteiger charge is -2.25. The zero-order valence-electron chi connectivity index (χ0n) is 8.52. The minimum Gasteiger partial charge on any atom is -0.324 e. The van der Waals surface area contributed by atoms with Crippen LogP contribution >= 0.6 is 7.60 Å². The van der Waals surface area contributed by atoms with Crippen molar-refractivity contribution < 1.29 is 49.1 Å². The highest BCUT2D eigenvalue weighted by Crippen LogP contribution is 2.57. The van der Waals surface area contributed by atoms with Crippen LogP contribution in [0.25, 0.3) is 0 Å². The van der Waals surface area contributed by atoms with Crippen LogP contribution in [0.4, 0.5) is 35.1 Å². The molecule has 0 amide bonds. The van der Waals surface area contributed by atoms with Gasteiger partial charge in [0.1, 0.15) is 0 Å². The first-order chi connectivity index (χ1) is 7.58. The summed E-state index contributed by atoms with van der Waals surface area (Å²) in [4.78, 5) is 8.70. The van der Waals surface area contributed by atoms with Gasteiger partial charge in [0.25, 0.3) is 0 Å². The van der Waals surface area contributed by atoms with Gasteiger partial charge in [-0.1, -0.05) is 6.92 Å². The quantitative estimate of drug-likeness (QED) is 0.636. The third-order valence-corrected chi connectivity index (χ3v) is 3.45. The molecule has 0 aromatic heterocycles. The lowest BCUT2D eigenvalue weighted by Crippen LogP contribution is -2.39. The molecule has 0 aromatic rings. The lowest BCUT2D eigenvalue weighted by atomic mass is 10.3. The van der Waals surface area contributed by atoms with Crippen LogP contribution in [0.2, 0.25) is 0 Å². The molecule has 0 aliphatic carbocycles. The summed E-state index contributed by atoms with van der Waals surface area (Å²) < 4.78 is 108. The molecule has 0 saturated heterocycles. The molecule has 110 valence electrons. The van der Waals surface area contributed by atoms with Gasteiger partial charge < -0.3 is 4.89 Å². The molecule has 2 unspecified atom stereocenters. The van der Waals surface area contributed by atoms with Crippen LogP contribution in [0.1, 0.15) is 13.3 Å². The number of alkyl halides is 8. The first-order valence-corrected chi connectivity index (χ1v) is 5.78. The standard InChI is InChI=1S/C6H7F8O3P/c1-3(2-4(7,8)9)18(15,16)17-6(13,14)5(10,11)12/h3H,2H2,1H3,(H,15,16). The molecular weight excluding hydrogens is 303 g/mol. The van der Waals surface area contributed by atoms with Crippen LogP contribution in [0.5, 0.6) is 0 Å². The number of halogens is 8. The van der Waals surface area contributed by atoms with Crippen molar-refractivity contribution in [3.63, 3.8) is 0 Å². The molecule has 0 spiro atoms. The van der Waals surface area contributed by atoms with Crippen molar-refractivity contribution in [3.8, 4) is 0 Å². The van der Waals surface area contributed by atoms with Crippen molar-refractivity contribution >= 4 is 7.60 Å². The van der Waals surface area contributed by atoms with Gasteiger partial charge in [0.05, 0.1) is 12.1 Å². The highest BCUT2D eigenvalue weighted by atomic mass is 31.2. The molecule has 0 bridgehead atoms. The predicted octanol–water partition coefficient (Wildman–Crippen LogP) is 3.68. The van der Waals surface area contributed by atoms with E-state index in [0.29, 0.717) is 6.92 Å². The van der Waals surface area contributed by atoms with E-state index in [0.717, 1.165) is 0 Å². The topological polar surface area (TPSA) is 46.5 Å². The summed E-state index contributed by atoms with van der Waals surface area (Å²) in [7, 11) is -5.79. The molecule has 3 nitrogen and oxygen atoms in total. The summed E-state index contributed by atoms with van der Waals surface area (Å²) in [5.74, 6) is 0. The number of hydrogen-bond acceptors (Lipinski definition) is 2. The van der Waals surface area contributed by atoms with Crippen molar-refractivity contribution in [3.05, 3.63) is 0 Å². The van der Waals surface area contributed by atoms with E-state index < -0.39 is 38.1 Å². The third-order valence-electron chi connectivity index (χ3n) is 1.66. The smallest absolute Gasteiger partial charge is 0.324 e. The lowest BCUT2D eigenvalue weighted by molar-refractivity contribution is -0.363. The Bertz CT molecular complexity index is 335. The summed E-state index contributed by atoms with van der Waals surface area (Å²) in [5.41, 5.74) is -2.45. The van der Waals surface area contributed by atoms with Crippen LogP contribution in [-0.4, -0.2) is 29.0 Å². The second-order valence-corrected chi connectivity index (χ2v) is 5.53. The largest absolute Gasteiger partial charge is 0.483 e. The van der Waals surface area contributed by atoms with Gasteiger partial charge in [0.15, 0.2) is 0 Å². The minimum absolute atomic E-state index is 0.376. The third kappa shape index (κ3) is 5.07. The molecule has 0 aromatic carbocycles. The molecule has 1 N–H and O–H groups in total. The Morgan fingerprint density at radius 2 is 1.50 bits per heavy atom. The van der Waals surface area contributed by atoms with Crippen molar-refractivity contribution in [1.82, 2.24) is 0 Å². The van der Waals surface area contributed by atoms with Crippen molar-refractivity contribution in [2.75, 3.05) is 0 Å². The summed E-state index contributed by atoms with van der Waals surface area (Å²) in [6, 6.07) is 0. The Kier molecular flexibility index (Phi) is 4.82. The maximum Gasteiger partial charge on any atom is 0.483 e. The molecule has 0 rings (SSSR count). The summed E-state index contributed by atoms with van der Waals surface area (Å²) in [6.07, 6.45) is -19.3. The highest BCUT2D eigenvalue weighted by molar-refractivity contribution is 7.53. The molecule has 0 fully saturated rings. The summed E-state index contributed by atoms with van der Waals surface area (Å²) >= 11 is 0. The fraction of sp³-hybridized carbons (Fsp3) is 1.00. The fourth-order valence-corrected chi connectivity index (χ4v) is 1.81. The van der Waals surface area contributed by atoms with E-state index in [1.54, 1.807) is 0 Å². The van der Waals surface area contributed by atoms with E-state index in [4.69, 9.17) is 4.89 Å². The second-order valence-electron chi connectivity index (χ2n) is 3.34. The van der Waals surface area contributed by atoms with Gasteiger partial charge in [0.2, 0.25) is 0 Å². The summed E-state index contributed by atoms with van der Waals surface area (Å²) in [5, 5.41) is 0. The predicted molar refractivity (Wildman–Crippen MR) is 42.0 cm³/mol. The van der Waals surface area contributed by atoms with Gasteiger partial charge in [-0.3, -0.25) is 4.57 Å². The van der Waals surface area contributed by atoms with Gasteiger partial charge in [0, 0.05) is 0 Å². The fourth-order valence-electron chi connectivity index (χ4n) is 0.756. The first-order valence-electron chi connectivity index (χ1n) is 4.13. The first kappa shape index (κ1) is 17.6. The van der Waals surface area contributed by atoms with Gasteiger partial charge in [-0.25, -0.2) is 4.52 Å². The molecule has 0 radical (unpaired) electrons. The average Bonchev–Trinajstić information content (AvgIpc) is 1.95. The molecule has 2 atom stereocenters. The van der Waals surface area contributed by atoms with Crippen LogP contribution in [0, 0.1) is 0 Å². The molecule has 0 heterocycles. The minimum atomic E-state index is -6.30. The molecule has 0 aliphatic rings. The SMILES string of the molecule is CC(CC(F)(F)F)P(=O)(O)OC(F)(F)C(F)(F)F. The Hall–Kier alpha value is -0.410. The zero-order valence-corrected chi connectivity index (χ0v) is 9.41. The van der Waals surface area contributed by atoms with Gasteiger partial charge >= 0.3 is 26.1 Å². The maximum atomic E-state index is 12.3.